The van der Waals surface area contributed by atoms with Gasteiger partial charge in [0.15, 0.2) is 5.69 Å². The molecule has 0 bridgehead atoms. The van der Waals surface area contributed by atoms with Crippen LogP contribution in [0.1, 0.15) is 24.3 Å². The van der Waals surface area contributed by atoms with Crippen LogP contribution in [0.15, 0.2) is 48.5 Å². The zero-order chi connectivity index (χ0) is 24.1. The maximum absolute atomic E-state index is 12.7. The van der Waals surface area contributed by atoms with Gasteiger partial charge in [0, 0.05) is 19.5 Å². The van der Waals surface area contributed by atoms with Crippen molar-refractivity contribution in [3.05, 3.63) is 54.2 Å². The fraction of sp³-hybridized carbons (Fsp3) is 0.320. The summed E-state index contributed by atoms with van der Waals surface area (Å²) in [5, 5.41) is 1.35. The van der Waals surface area contributed by atoms with Crippen LogP contribution in [-0.4, -0.2) is 56.8 Å². The third-order valence-corrected chi connectivity index (χ3v) is 6.53. The third kappa shape index (κ3) is 5.14. The average molecular weight is 482 g/mol. The molecule has 0 spiro atoms. The molecule has 0 fully saturated rings. The lowest BCUT2D eigenvalue weighted by Gasteiger charge is -2.28. The van der Waals surface area contributed by atoms with Gasteiger partial charge in [0.1, 0.15) is 34.7 Å². The number of hydrogen-bond donors (Lipinski definition) is 0. The van der Waals surface area contributed by atoms with Crippen LogP contribution in [0.2, 0.25) is 0 Å². The van der Waals surface area contributed by atoms with Gasteiger partial charge in [-0.05, 0) is 37.3 Å². The maximum atomic E-state index is 12.7. The molecule has 4 rings (SSSR count). The van der Waals surface area contributed by atoms with Gasteiger partial charge in [-0.3, -0.25) is 4.79 Å². The van der Waals surface area contributed by atoms with Crippen molar-refractivity contribution in [2.24, 2.45) is 0 Å². The number of para-hydroxylation sites is 1. The average Bonchev–Trinajstić information content (AvgIpc) is 3.30. The van der Waals surface area contributed by atoms with E-state index < -0.39 is 5.97 Å². The highest BCUT2D eigenvalue weighted by atomic mass is 32.1. The summed E-state index contributed by atoms with van der Waals surface area (Å²) in [6.07, 6.45) is 0. The first-order chi connectivity index (χ1) is 16.5. The Morgan fingerprint density at radius 2 is 2.00 bits per heavy atom. The van der Waals surface area contributed by atoms with Gasteiger partial charge in [-0.15, -0.1) is 0 Å². The molecule has 2 heterocycles. The van der Waals surface area contributed by atoms with Gasteiger partial charge in [0.25, 0.3) is 0 Å². The number of carbonyl (C=O) groups excluding carboxylic acids is 2. The molecule has 8 nitrogen and oxygen atoms in total. The van der Waals surface area contributed by atoms with Crippen molar-refractivity contribution in [2.75, 3.05) is 49.8 Å². The SMILES string of the molecule is CCOC(=O)c1nc(-c2ccc3c(c2)N(C(C)=O)CCO3)sc1N(C)CCOc1ccccc1. The van der Waals surface area contributed by atoms with Gasteiger partial charge in [-0.2, -0.15) is 0 Å². The molecule has 1 amide bonds. The summed E-state index contributed by atoms with van der Waals surface area (Å²) in [5.74, 6) is 0.926. The Bertz CT molecular complexity index is 1160. The number of likely N-dealkylation sites (N-methyl/N-ethyl adjacent to an activating group) is 1. The van der Waals surface area contributed by atoms with Crippen LogP contribution in [0.25, 0.3) is 10.6 Å². The number of fused-ring (bicyclic) bond motifs is 1. The lowest BCUT2D eigenvalue weighted by molar-refractivity contribution is -0.116. The molecule has 178 valence electrons. The summed E-state index contributed by atoms with van der Waals surface area (Å²) in [4.78, 5) is 33.0. The number of esters is 1. The van der Waals surface area contributed by atoms with Crippen LogP contribution in [0.5, 0.6) is 11.5 Å². The lowest BCUT2D eigenvalue weighted by Crippen LogP contribution is -2.36. The summed E-state index contributed by atoms with van der Waals surface area (Å²) in [5.41, 5.74) is 1.77. The first-order valence-corrected chi connectivity index (χ1v) is 11.9. The van der Waals surface area contributed by atoms with E-state index in [2.05, 4.69) is 4.98 Å². The van der Waals surface area contributed by atoms with Crippen molar-refractivity contribution in [1.82, 2.24) is 4.98 Å². The second kappa shape index (κ2) is 10.6. The summed E-state index contributed by atoms with van der Waals surface area (Å²) >= 11 is 1.40. The van der Waals surface area contributed by atoms with Gasteiger partial charge in [0.05, 0.1) is 25.4 Å². The largest absolute Gasteiger partial charge is 0.492 e. The van der Waals surface area contributed by atoms with E-state index in [4.69, 9.17) is 14.2 Å². The minimum Gasteiger partial charge on any atom is -0.492 e. The van der Waals surface area contributed by atoms with Gasteiger partial charge < -0.3 is 24.0 Å². The number of hydrogen-bond acceptors (Lipinski definition) is 8. The number of benzene rings is 2. The van der Waals surface area contributed by atoms with E-state index >= 15 is 0 Å². The predicted molar refractivity (Wildman–Crippen MR) is 132 cm³/mol. The number of ether oxygens (including phenoxy) is 3. The number of carbonyl (C=O) groups is 2. The van der Waals surface area contributed by atoms with Crippen molar-refractivity contribution in [3.8, 4) is 22.1 Å². The Balaban J connectivity index is 1.60. The first-order valence-electron chi connectivity index (χ1n) is 11.1. The van der Waals surface area contributed by atoms with Crippen LogP contribution >= 0.6 is 11.3 Å². The van der Waals surface area contributed by atoms with Crippen molar-refractivity contribution >= 4 is 33.9 Å². The van der Waals surface area contributed by atoms with E-state index in [0.29, 0.717) is 47.7 Å². The van der Waals surface area contributed by atoms with Crippen molar-refractivity contribution < 1.29 is 23.8 Å². The second-order valence-corrected chi connectivity index (χ2v) is 8.66. The molecule has 2 aromatic carbocycles. The van der Waals surface area contributed by atoms with E-state index in [-0.39, 0.29) is 18.2 Å². The van der Waals surface area contributed by atoms with Crippen molar-refractivity contribution in [2.45, 2.75) is 13.8 Å². The number of aromatic nitrogens is 1. The molecule has 1 aromatic heterocycles. The molecule has 0 aliphatic carbocycles. The molecular weight excluding hydrogens is 454 g/mol. The highest BCUT2D eigenvalue weighted by molar-refractivity contribution is 7.19. The molecule has 0 saturated carbocycles. The van der Waals surface area contributed by atoms with Crippen LogP contribution in [0, 0.1) is 0 Å². The Labute approximate surface area is 202 Å². The Kier molecular flexibility index (Phi) is 7.32. The van der Waals surface area contributed by atoms with E-state index in [0.717, 1.165) is 11.3 Å². The molecule has 34 heavy (non-hydrogen) atoms. The molecule has 3 aromatic rings. The maximum Gasteiger partial charge on any atom is 0.360 e. The molecule has 1 aliphatic rings. The van der Waals surface area contributed by atoms with Crippen LogP contribution in [0.4, 0.5) is 10.7 Å². The van der Waals surface area contributed by atoms with Gasteiger partial charge >= 0.3 is 5.97 Å². The summed E-state index contributed by atoms with van der Waals surface area (Å²) < 4.78 is 16.8. The molecule has 0 atom stereocenters. The number of amides is 1. The Hall–Kier alpha value is -3.59. The van der Waals surface area contributed by atoms with Gasteiger partial charge in [-0.25, -0.2) is 9.78 Å². The Morgan fingerprint density at radius 3 is 2.74 bits per heavy atom. The molecule has 1 aliphatic heterocycles. The molecule has 9 heteroatoms. The fourth-order valence-corrected chi connectivity index (χ4v) is 4.66. The van der Waals surface area contributed by atoms with E-state index in [1.165, 1.54) is 18.3 Å². The van der Waals surface area contributed by atoms with E-state index in [9.17, 15) is 9.59 Å². The molecule has 0 radical (unpaired) electrons. The number of anilines is 2. The van der Waals surface area contributed by atoms with Crippen LogP contribution in [0.3, 0.4) is 0 Å². The minimum absolute atomic E-state index is 0.0492. The topological polar surface area (TPSA) is 81.2 Å². The smallest absolute Gasteiger partial charge is 0.360 e. The zero-order valence-corrected chi connectivity index (χ0v) is 20.3. The number of rotatable bonds is 8. The van der Waals surface area contributed by atoms with Crippen molar-refractivity contribution in [3.63, 3.8) is 0 Å². The lowest BCUT2D eigenvalue weighted by atomic mass is 10.1. The molecule has 0 unspecified atom stereocenters. The van der Waals surface area contributed by atoms with E-state index in [1.807, 2.05) is 60.5 Å². The highest BCUT2D eigenvalue weighted by Crippen LogP contribution is 2.40. The summed E-state index contributed by atoms with van der Waals surface area (Å²) in [6, 6.07) is 15.2. The van der Waals surface area contributed by atoms with Crippen molar-refractivity contribution in [1.29, 1.82) is 0 Å². The van der Waals surface area contributed by atoms with Crippen LogP contribution in [-0.2, 0) is 9.53 Å². The molecular formula is C25H27N3O5S. The highest BCUT2D eigenvalue weighted by Gasteiger charge is 2.25. The number of nitrogens with zero attached hydrogens (tertiary/aromatic N) is 3. The monoisotopic (exact) mass is 481 g/mol. The first kappa shape index (κ1) is 23.6. The van der Waals surface area contributed by atoms with Gasteiger partial charge in [0.2, 0.25) is 5.91 Å². The van der Waals surface area contributed by atoms with Gasteiger partial charge in [-0.1, -0.05) is 29.5 Å². The zero-order valence-electron chi connectivity index (χ0n) is 19.4. The summed E-state index contributed by atoms with van der Waals surface area (Å²) in [6.45, 7) is 5.51. The standard InChI is InChI=1S/C25H27N3O5S/c1-4-31-25(30)22-24(27(3)12-14-32-19-8-6-5-7-9-19)34-23(26-22)18-10-11-21-20(16-18)28(17(2)29)13-15-33-21/h5-11,16H,4,12-15H2,1-3H3. The quantitative estimate of drug-likeness (QED) is 0.445. The normalized spacial score (nSPS) is 12.5. The Morgan fingerprint density at radius 1 is 1.21 bits per heavy atom. The third-order valence-electron chi connectivity index (χ3n) is 5.31. The van der Waals surface area contributed by atoms with Crippen LogP contribution < -0.4 is 19.3 Å². The number of thiazole rings is 1. The predicted octanol–water partition coefficient (Wildman–Crippen LogP) is 4.25. The second-order valence-electron chi connectivity index (χ2n) is 7.68. The molecule has 0 saturated heterocycles. The van der Waals surface area contributed by atoms with E-state index in [1.54, 1.807) is 11.8 Å². The molecule has 0 N–H and O–H groups in total. The minimum atomic E-state index is -0.470. The summed E-state index contributed by atoms with van der Waals surface area (Å²) in [7, 11) is 1.90. The fourth-order valence-electron chi connectivity index (χ4n) is 3.62.